The molecule has 43 heavy (non-hydrogen) atoms. The second kappa shape index (κ2) is 12.4. The van der Waals surface area contributed by atoms with Crippen LogP contribution in [0.15, 0.2) is 114 Å². The highest BCUT2D eigenvalue weighted by Gasteiger charge is 2.18. The monoisotopic (exact) mass is 571 g/mol. The molecule has 4 aromatic carbocycles. The van der Waals surface area contributed by atoms with Crippen LogP contribution in [0.2, 0.25) is 0 Å². The summed E-state index contributed by atoms with van der Waals surface area (Å²) in [6.07, 6.45) is 3.12. The third-order valence-corrected chi connectivity index (χ3v) is 7.03. The molecule has 216 valence electrons. The minimum atomic E-state index is -1.22. The highest BCUT2D eigenvalue weighted by Crippen LogP contribution is 2.36. The van der Waals surface area contributed by atoms with Crippen LogP contribution in [0.1, 0.15) is 21.6 Å². The van der Waals surface area contributed by atoms with E-state index >= 15 is 0 Å². The maximum atomic E-state index is 13.0. The normalized spacial score (nSPS) is 10.5. The molecule has 1 heterocycles. The van der Waals surface area contributed by atoms with Crippen molar-refractivity contribution < 1.29 is 9.90 Å². The van der Waals surface area contributed by atoms with Gasteiger partial charge in [-0.05, 0) is 90.5 Å². The fourth-order valence-corrected chi connectivity index (χ4v) is 4.69. The molecule has 0 fully saturated rings. The van der Waals surface area contributed by atoms with Gasteiger partial charge in [-0.3, -0.25) is 9.89 Å². The van der Waals surface area contributed by atoms with E-state index in [2.05, 4.69) is 74.1 Å². The Morgan fingerprint density at radius 2 is 1.16 bits per heavy atom. The predicted octanol–water partition coefficient (Wildman–Crippen LogP) is 6.79. The number of carbonyl (C=O) groups is 1. The van der Waals surface area contributed by atoms with Gasteiger partial charge in [-0.2, -0.15) is 0 Å². The van der Waals surface area contributed by atoms with E-state index in [1.54, 1.807) is 30.3 Å². The fraction of sp³-hybridized carbons (Fsp3) is 0.114. The largest absolute Gasteiger partial charge is 0.477 e. The Labute approximate surface area is 250 Å². The number of carboxylic acid groups (broad SMARTS) is 1. The van der Waals surface area contributed by atoms with Gasteiger partial charge in [-0.1, -0.05) is 30.3 Å². The third kappa shape index (κ3) is 6.30. The van der Waals surface area contributed by atoms with Gasteiger partial charge >= 0.3 is 5.97 Å². The molecule has 0 radical (unpaired) electrons. The van der Waals surface area contributed by atoms with Crippen LogP contribution in [0.25, 0.3) is 17.8 Å². The molecule has 0 unspecified atom stereocenters. The van der Waals surface area contributed by atoms with Gasteiger partial charge in [0.2, 0.25) is 0 Å². The van der Waals surface area contributed by atoms with Crippen LogP contribution in [0, 0.1) is 0 Å². The number of aromatic amines is 1. The van der Waals surface area contributed by atoms with Crippen molar-refractivity contribution >= 4 is 46.6 Å². The second-order valence-corrected chi connectivity index (χ2v) is 10.4. The molecule has 0 spiro atoms. The van der Waals surface area contributed by atoms with Gasteiger partial charge in [0.15, 0.2) is 5.69 Å². The third-order valence-electron chi connectivity index (χ3n) is 7.03. The number of benzene rings is 4. The zero-order valence-electron chi connectivity index (χ0n) is 24.5. The van der Waals surface area contributed by atoms with Crippen LogP contribution >= 0.6 is 0 Å². The summed E-state index contributed by atoms with van der Waals surface area (Å²) in [5.41, 5.74) is 9.01. The Kier molecular flexibility index (Phi) is 8.32. The summed E-state index contributed by atoms with van der Waals surface area (Å²) in [4.78, 5) is 31.2. The lowest BCUT2D eigenvalue weighted by Crippen LogP contribution is -2.15. The lowest BCUT2D eigenvalue weighted by atomic mass is 10.1. The van der Waals surface area contributed by atoms with Crippen molar-refractivity contribution in [3.05, 3.63) is 136 Å². The molecule has 0 aliphatic rings. The van der Waals surface area contributed by atoms with Crippen molar-refractivity contribution in [2.45, 2.75) is 0 Å². The van der Waals surface area contributed by atoms with E-state index in [-0.39, 0.29) is 11.3 Å². The topological polar surface area (TPSA) is 84.8 Å². The van der Waals surface area contributed by atoms with Crippen molar-refractivity contribution in [3.63, 3.8) is 0 Å². The first-order valence-corrected chi connectivity index (χ1v) is 13.7. The quantitative estimate of drug-likeness (QED) is 0.190. The van der Waals surface area contributed by atoms with E-state index in [4.69, 9.17) is 0 Å². The summed E-state index contributed by atoms with van der Waals surface area (Å²) in [5.74, 6) is -1.22. The Hall–Kier alpha value is -5.72. The first-order valence-electron chi connectivity index (χ1n) is 13.7. The Morgan fingerprint density at radius 1 is 0.698 bits per heavy atom. The average molecular weight is 572 g/mol. The van der Waals surface area contributed by atoms with Crippen molar-refractivity contribution in [1.29, 1.82) is 0 Å². The molecule has 5 aromatic rings. The number of hydrogen-bond acceptors (Lipinski definition) is 5. The first-order chi connectivity index (χ1) is 20.7. The van der Waals surface area contributed by atoms with Crippen LogP contribution < -0.4 is 20.3 Å². The number of aromatic carboxylic acids is 1. The van der Waals surface area contributed by atoms with Crippen molar-refractivity contribution in [1.82, 2.24) is 9.78 Å². The number of para-hydroxylation sites is 1. The Bertz CT molecular complexity index is 1780. The second-order valence-electron chi connectivity index (χ2n) is 10.4. The van der Waals surface area contributed by atoms with Gasteiger partial charge in [-0.25, -0.2) is 9.48 Å². The van der Waals surface area contributed by atoms with E-state index in [9.17, 15) is 14.7 Å². The molecule has 8 nitrogen and oxygen atoms in total. The molecule has 0 saturated carbocycles. The van der Waals surface area contributed by atoms with Crippen molar-refractivity contribution in [2.75, 3.05) is 42.9 Å². The number of nitrogens with one attached hydrogen (secondary N) is 1. The van der Waals surface area contributed by atoms with E-state index in [0.717, 1.165) is 34.0 Å². The molecule has 8 heteroatoms. The number of nitrogens with zero attached hydrogens (tertiary/aromatic N) is 4. The van der Waals surface area contributed by atoms with Crippen LogP contribution in [0.4, 0.5) is 28.4 Å². The molecule has 5 rings (SSSR count). The molecule has 0 amide bonds. The van der Waals surface area contributed by atoms with Crippen LogP contribution in [0.3, 0.4) is 0 Å². The zero-order chi connectivity index (χ0) is 30.5. The van der Waals surface area contributed by atoms with E-state index in [0.29, 0.717) is 5.69 Å². The standard InChI is InChI=1S/C35H33N5O3/c1-37(2)26-17-21-29(22-18-26)39(30-23-19-27(20-24-30)38(3)4)28-15-13-25(14-16-28)9-8-12-32-33(35(42)43)36-40(34(32)41)31-10-6-5-7-11-31/h5-7,9-24,36H,1-4H3,(H,42,43). The number of carboxylic acids is 1. The summed E-state index contributed by atoms with van der Waals surface area (Å²) < 4.78 is 1.22. The molecule has 0 aliphatic carbocycles. The maximum Gasteiger partial charge on any atom is 0.354 e. The van der Waals surface area contributed by atoms with Crippen LogP contribution in [-0.4, -0.2) is 49.0 Å². The van der Waals surface area contributed by atoms with Gasteiger partial charge in [0.05, 0.1) is 11.3 Å². The smallest absolute Gasteiger partial charge is 0.354 e. The maximum absolute atomic E-state index is 13.0. The number of anilines is 5. The first kappa shape index (κ1) is 28.8. The van der Waals surface area contributed by atoms with Gasteiger partial charge in [-0.15, -0.1) is 5.73 Å². The molecule has 0 aliphatic heterocycles. The van der Waals surface area contributed by atoms with Crippen molar-refractivity contribution in [2.24, 2.45) is 0 Å². The lowest BCUT2D eigenvalue weighted by molar-refractivity contribution is 0.0689. The minimum Gasteiger partial charge on any atom is -0.477 e. The highest BCUT2D eigenvalue weighted by molar-refractivity contribution is 5.90. The fourth-order valence-electron chi connectivity index (χ4n) is 4.69. The molecule has 0 bridgehead atoms. The number of rotatable bonds is 9. The molecule has 2 N–H and O–H groups in total. The van der Waals surface area contributed by atoms with Crippen LogP contribution in [-0.2, 0) is 0 Å². The summed E-state index contributed by atoms with van der Waals surface area (Å²) in [6, 6.07) is 33.6. The van der Waals surface area contributed by atoms with Gasteiger partial charge in [0, 0.05) is 56.6 Å². The van der Waals surface area contributed by atoms with E-state index in [1.807, 2.05) is 58.5 Å². The average Bonchev–Trinajstić information content (AvgIpc) is 3.35. The van der Waals surface area contributed by atoms with Gasteiger partial charge < -0.3 is 19.8 Å². The molecule has 0 atom stereocenters. The molecule has 0 saturated heterocycles. The number of hydrogen-bond donors (Lipinski definition) is 2. The molecular weight excluding hydrogens is 538 g/mol. The highest BCUT2D eigenvalue weighted by atomic mass is 16.4. The Balaban J connectivity index is 1.47. The van der Waals surface area contributed by atoms with Gasteiger partial charge in [0.1, 0.15) is 0 Å². The number of aromatic nitrogens is 2. The Morgan fingerprint density at radius 3 is 1.63 bits per heavy atom. The summed E-state index contributed by atoms with van der Waals surface area (Å²) in [7, 11) is 8.07. The molecular formula is C35H33N5O3. The minimum absolute atomic E-state index is 0.0257. The summed E-state index contributed by atoms with van der Waals surface area (Å²) in [5, 5.41) is 12.4. The predicted molar refractivity (Wildman–Crippen MR) is 176 cm³/mol. The van der Waals surface area contributed by atoms with E-state index in [1.165, 1.54) is 10.8 Å². The number of H-pyrrole nitrogens is 1. The zero-order valence-corrected chi connectivity index (χ0v) is 24.5. The summed E-state index contributed by atoms with van der Waals surface area (Å²) >= 11 is 0. The lowest BCUT2D eigenvalue weighted by Gasteiger charge is -2.27. The van der Waals surface area contributed by atoms with Crippen molar-refractivity contribution in [3.8, 4) is 5.69 Å². The summed E-state index contributed by atoms with van der Waals surface area (Å²) in [6.45, 7) is 0. The molecule has 1 aromatic heterocycles. The van der Waals surface area contributed by atoms with Gasteiger partial charge in [0.25, 0.3) is 5.56 Å². The SMILES string of the molecule is CN(C)c1ccc(N(c2ccc(C=C=Cc3c(C(=O)O)[nH]n(-c4ccccc4)c3=O)cc2)c2ccc(N(C)C)cc2)cc1. The van der Waals surface area contributed by atoms with E-state index < -0.39 is 11.5 Å². The van der Waals surface area contributed by atoms with Crippen LogP contribution in [0.5, 0.6) is 0 Å².